The molecule has 0 heterocycles. The van der Waals surface area contributed by atoms with Crippen molar-refractivity contribution in [2.75, 3.05) is 26.0 Å². The van der Waals surface area contributed by atoms with E-state index in [0.29, 0.717) is 0 Å². The number of hydrogen-bond acceptors (Lipinski definition) is 3. The first-order chi connectivity index (χ1) is 14.4. The van der Waals surface area contributed by atoms with Gasteiger partial charge in [0.2, 0.25) is 11.8 Å². The summed E-state index contributed by atoms with van der Waals surface area (Å²) < 4.78 is 5.27. The highest BCUT2D eigenvalue weighted by molar-refractivity contribution is 5.96. The fraction of sp³-hybridized carbons (Fsp3) is 0.280. The Morgan fingerprint density at radius 3 is 2.47 bits per heavy atom. The lowest BCUT2D eigenvalue weighted by atomic mass is 9.96. The normalized spacial score (nSPS) is 11.7. The van der Waals surface area contributed by atoms with E-state index in [4.69, 9.17) is 4.74 Å². The van der Waals surface area contributed by atoms with Crippen LogP contribution >= 0.6 is 0 Å². The van der Waals surface area contributed by atoms with Crippen LogP contribution in [-0.2, 0) is 16.0 Å². The highest BCUT2D eigenvalue weighted by Gasteiger charge is 2.21. The van der Waals surface area contributed by atoms with Crippen molar-refractivity contribution in [3.63, 3.8) is 0 Å². The Bertz CT molecular complexity index is 1060. The summed E-state index contributed by atoms with van der Waals surface area (Å²) in [5.41, 5.74) is 2.78. The van der Waals surface area contributed by atoms with Crippen LogP contribution in [0.4, 0.5) is 5.69 Å². The number of carbonyl (C=O) groups is 2. The van der Waals surface area contributed by atoms with Gasteiger partial charge < -0.3 is 15.0 Å². The van der Waals surface area contributed by atoms with Crippen LogP contribution < -0.4 is 10.1 Å². The average Bonchev–Trinajstić information content (AvgIpc) is 2.77. The molecule has 0 spiro atoms. The summed E-state index contributed by atoms with van der Waals surface area (Å²) in [7, 11) is 3.30. The Kier molecular flexibility index (Phi) is 6.72. The molecule has 0 bridgehead atoms. The summed E-state index contributed by atoms with van der Waals surface area (Å²) in [5.74, 6) is 0.151. The third-order valence-electron chi connectivity index (χ3n) is 5.37. The van der Waals surface area contributed by atoms with Crippen molar-refractivity contribution in [3.05, 3.63) is 71.8 Å². The molecule has 0 unspecified atom stereocenters. The topological polar surface area (TPSA) is 58.6 Å². The number of para-hydroxylation sites is 1. The number of aryl methyl sites for hydroxylation is 1. The summed E-state index contributed by atoms with van der Waals surface area (Å²) in [6, 6.07) is 19.5. The molecule has 1 atom stereocenters. The van der Waals surface area contributed by atoms with Gasteiger partial charge in [-0.15, -0.1) is 0 Å². The van der Waals surface area contributed by atoms with Gasteiger partial charge in [0.05, 0.1) is 19.6 Å². The molecule has 5 heteroatoms. The first kappa shape index (κ1) is 21.4. The molecule has 3 aromatic carbocycles. The van der Waals surface area contributed by atoms with Crippen LogP contribution in [0.2, 0.25) is 0 Å². The predicted octanol–water partition coefficient (Wildman–Crippen LogP) is 4.61. The molecule has 0 aliphatic rings. The summed E-state index contributed by atoms with van der Waals surface area (Å²) in [6.45, 7) is 3.92. The molecule has 3 rings (SSSR count). The SMILES string of the molecule is CCc1ccccc1NC(=O)CN(C)C(=O)[C@H](C)c1ccc2cc(OC)ccc2c1. The molecule has 0 radical (unpaired) electrons. The zero-order chi connectivity index (χ0) is 21.7. The molecule has 3 aromatic rings. The highest BCUT2D eigenvalue weighted by Crippen LogP contribution is 2.26. The Labute approximate surface area is 177 Å². The Balaban J connectivity index is 1.67. The van der Waals surface area contributed by atoms with Crippen LogP contribution in [0, 0.1) is 0 Å². The predicted molar refractivity (Wildman–Crippen MR) is 121 cm³/mol. The molecular formula is C25H28N2O3. The molecule has 156 valence electrons. The minimum Gasteiger partial charge on any atom is -0.497 e. The molecule has 0 fully saturated rings. The summed E-state index contributed by atoms with van der Waals surface area (Å²) in [4.78, 5) is 26.9. The second-order valence-corrected chi connectivity index (χ2v) is 7.45. The lowest BCUT2D eigenvalue weighted by Gasteiger charge is -2.22. The number of anilines is 1. The Morgan fingerprint density at radius 2 is 1.73 bits per heavy atom. The standard InChI is InChI=1S/C25H28N2O3/c1-5-18-8-6-7-9-23(18)26-24(28)16-27(3)25(29)17(2)19-10-11-21-15-22(30-4)13-12-20(21)14-19/h6-15,17H,5,16H2,1-4H3,(H,26,28)/t17-/m1/s1. The van der Waals surface area contributed by atoms with E-state index in [1.807, 2.05) is 74.5 Å². The zero-order valence-corrected chi connectivity index (χ0v) is 17.9. The lowest BCUT2D eigenvalue weighted by Crippen LogP contribution is -2.37. The van der Waals surface area contributed by atoms with Gasteiger partial charge in [0.15, 0.2) is 0 Å². The summed E-state index contributed by atoms with van der Waals surface area (Å²) >= 11 is 0. The Morgan fingerprint density at radius 1 is 1.03 bits per heavy atom. The van der Waals surface area contributed by atoms with Crippen LogP contribution in [0.1, 0.15) is 30.9 Å². The van der Waals surface area contributed by atoms with Crippen molar-refractivity contribution < 1.29 is 14.3 Å². The second-order valence-electron chi connectivity index (χ2n) is 7.45. The van der Waals surface area contributed by atoms with Crippen molar-refractivity contribution in [2.45, 2.75) is 26.2 Å². The van der Waals surface area contributed by atoms with Crippen LogP contribution in [-0.4, -0.2) is 37.4 Å². The number of benzene rings is 3. The van der Waals surface area contributed by atoms with Gasteiger partial charge in [-0.3, -0.25) is 9.59 Å². The number of rotatable bonds is 7. The van der Waals surface area contributed by atoms with Crippen molar-refractivity contribution >= 4 is 28.3 Å². The maximum Gasteiger partial charge on any atom is 0.243 e. The lowest BCUT2D eigenvalue weighted by molar-refractivity contribution is -0.134. The third kappa shape index (κ3) is 4.79. The van der Waals surface area contributed by atoms with Crippen LogP contribution in [0.3, 0.4) is 0 Å². The summed E-state index contributed by atoms with van der Waals surface area (Å²) in [6.07, 6.45) is 0.829. The molecule has 5 nitrogen and oxygen atoms in total. The summed E-state index contributed by atoms with van der Waals surface area (Å²) in [5, 5.41) is 5.02. The molecule has 0 saturated carbocycles. The fourth-order valence-corrected chi connectivity index (χ4v) is 3.55. The van der Waals surface area contributed by atoms with Crippen molar-refractivity contribution in [3.8, 4) is 5.75 Å². The molecule has 30 heavy (non-hydrogen) atoms. The largest absolute Gasteiger partial charge is 0.497 e. The van der Waals surface area contributed by atoms with Gasteiger partial charge in [0.1, 0.15) is 5.75 Å². The maximum absolute atomic E-state index is 12.9. The van der Waals surface area contributed by atoms with Crippen molar-refractivity contribution in [1.82, 2.24) is 4.90 Å². The van der Waals surface area contributed by atoms with Gasteiger partial charge >= 0.3 is 0 Å². The number of amides is 2. The first-order valence-electron chi connectivity index (χ1n) is 10.1. The number of nitrogens with one attached hydrogen (secondary N) is 1. The van der Waals surface area contributed by atoms with Gasteiger partial charge in [-0.25, -0.2) is 0 Å². The van der Waals surface area contributed by atoms with Gasteiger partial charge in [-0.05, 0) is 53.4 Å². The average molecular weight is 405 g/mol. The van der Waals surface area contributed by atoms with E-state index in [1.54, 1.807) is 14.2 Å². The molecule has 0 saturated heterocycles. The number of fused-ring (bicyclic) bond motifs is 1. The number of nitrogens with zero attached hydrogens (tertiary/aromatic N) is 1. The number of likely N-dealkylation sites (N-methyl/N-ethyl adjacent to an activating group) is 1. The van der Waals surface area contributed by atoms with Gasteiger partial charge in [0, 0.05) is 12.7 Å². The van der Waals surface area contributed by atoms with Gasteiger partial charge in [0.25, 0.3) is 0 Å². The zero-order valence-electron chi connectivity index (χ0n) is 17.9. The van der Waals surface area contributed by atoms with E-state index in [1.165, 1.54) is 4.90 Å². The second kappa shape index (κ2) is 9.44. The molecule has 2 amide bonds. The van der Waals surface area contributed by atoms with E-state index >= 15 is 0 Å². The Hall–Kier alpha value is -3.34. The van der Waals surface area contributed by atoms with Crippen LogP contribution in [0.15, 0.2) is 60.7 Å². The van der Waals surface area contributed by atoms with E-state index in [9.17, 15) is 9.59 Å². The minimum atomic E-state index is -0.350. The maximum atomic E-state index is 12.9. The van der Waals surface area contributed by atoms with Crippen molar-refractivity contribution in [2.24, 2.45) is 0 Å². The smallest absolute Gasteiger partial charge is 0.243 e. The van der Waals surface area contributed by atoms with E-state index in [-0.39, 0.29) is 24.3 Å². The number of ether oxygens (including phenoxy) is 1. The number of methoxy groups -OCH3 is 1. The van der Waals surface area contributed by atoms with E-state index in [0.717, 1.165) is 39.8 Å². The van der Waals surface area contributed by atoms with Gasteiger partial charge in [-0.2, -0.15) is 0 Å². The van der Waals surface area contributed by atoms with Crippen LogP contribution in [0.5, 0.6) is 5.75 Å². The monoisotopic (exact) mass is 404 g/mol. The molecule has 1 N–H and O–H groups in total. The quantitative estimate of drug-likeness (QED) is 0.626. The molecule has 0 aliphatic carbocycles. The van der Waals surface area contributed by atoms with Crippen LogP contribution in [0.25, 0.3) is 10.8 Å². The fourth-order valence-electron chi connectivity index (χ4n) is 3.55. The molecule has 0 aliphatic heterocycles. The van der Waals surface area contributed by atoms with E-state index in [2.05, 4.69) is 5.32 Å². The van der Waals surface area contributed by atoms with Crippen molar-refractivity contribution in [1.29, 1.82) is 0 Å². The minimum absolute atomic E-state index is 0.00595. The third-order valence-corrected chi connectivity index (χ3v) is 5.37. The molecule has 0 aromatic heterocycles. The highest BCUT2D eigenvalue weighted by atomic mass is 16.5. The number of hydrogen-bond donors (Lipinski definition) is 1. The first-order valence-corrected chi connectivity index (χ1v) is 10.1. The number of carbonyl (C=O) groups excluding carboxylic acids is 2. The van der Waals surface area contributed by atoms with E-state index < -0.39 is 0 Å². The molecular weight excluding hydrogens is 376 g/mol. The van der Waals surface area contributed by atoms with Gasteiger partial charge in [-0.1, -0.05) is 49.4 Å².